The maximum atomic E-state index is 17.1. The molecule has 0 bridgehead atoms. The van der Waals surface area contributed by atoms with Crippen LogP contribution in [0.5, 0.6) is 23.0 Å². The molecule has 2 aromatic heterocycles. The number of phosphoric ester groups is 1. The van der Waals surface area contributed by atoms with Gasteiger partial charge in [-0.25, -0.2) is 18.8 Å². The number of anilines is 2. The smallest absolute Gasteiger partial charge is 0.497 e. The van der Waals surface area contributed by atoms with Gasteiger partial charge in [0.25, 0.3) is 21.5 Å². The van der Waals surface area contributed by atoms with Crippen molar-refractivity contribution < 1.29 is 139 Å². The first-order valence-electron chi connectivity index (χ1n) is 49.9. The summed E-state index contributed by atoms with van der Waals surface area (Å²) in [7, 11) is -9.18. The van der Waals surface area contributed by atoms with E-state index in [1.807, 2.05) is 229 Å². The number of phosphoric acid groups is 1. The molecule has 1 aliphatic carbocycles. The van der Waals surface area contributed by atoms with Crippen molar-refractivity contribution in [1.29, 1.82) is 0 Å². The van der Waals surface area contributed by atoms with Gasteiger partial charge in [0.2, 0.25) is 0 Å². The van der Waals surface area contributed by atoms with E-state index in [0.717, 1.165) is 85.2 Å². The van der Waals surface area contributed by atoms with Gasteiger partial charge in [0.15, 0.2) is 29.1 Å². The van der Waals surface area contributed by atoms with E-state index in [-0.39, 0.29) is 63.4 Å². The first-order chi connectivity index (χ1) is 70.9. The van der Waals surface area contributed by atoms with E-state index in [1.54, 1.807) is 40.6 Å². The molecule has 39 nitrogen and oxygen atoms in total. The summed E-state index contributed by atoms with van der Waals surface area (Å²) in [6, 6.07) is 51.5. The van der Waals surface area contributed by atoms with E-state index >= 15 is 14.2 Å². The number of ether oxygens (including phenoxy) is 16. The van der Waals surface area contributed by atoms with E-state index < -0.39 is 183 Å². The highest BCUT2D eigenvalue weighted by atomic mass is 31.2. The van der Waals surface area contributed by atoms with Crippen molar-refractivity contribution in [3.8, 4) is 23.0 Å². The molecular weight excluding hydrogens is 2010 g/mol. The highest BCUT2D eigenvalue weighted by Crippen LogP contribution is 2.56. The molecule has 4 heterocycles. The minimum absolute atomic E-state index is 0.0513. The van der Waals surface area contributed by atoms with E-state index in [2.05, 4.69) is 10.6 Å². The van der Waals surface area contributed by atoms with E-state index in [0.29, 0.717) is 58.1 Å². The van der Waals surface area contributed by atoms with Gasteiger partial charge in [-0.2, -0.15) is 9.97 Å². The Labute approximate surface area is 871 Å². The lowest BCUT2D eigenvalue weighted by molar-refractivity contribution is -0.320. The Balaban J connectivity index is 1.10. The van der Waals surface area contributed by atoms with Gasteiger partial charge in [0.05, 0.1) is 74.2 Å². The lowest BCUT2D eigenvalue weighted by Gasteiger charge is -2.40. The number of carbonyl (C=O) groups excluding carboxylic acids is 4. The van der Waals surface area contributed by atoms with Crippen molar-refractivity contribution in [3.63, 3.8) is 0 Å². The standard InChI is InChI=1S/C104H147N7O32P2Si3/c1-72(2)111(73(3)4)144(123-13)139-93-89(135-97(95(93)137-101(129-66-62-125-74(5)112)130-67-63-126-75(6)113)109-60-58-91(105-99(109)116)107-103(78-36-30-28-31-37-78,80-42-50-84(119-9)51-43-80)81-44-52-85(120-10)53-45-81)70-133-145(118,124-14)140-94-90(71-134-148(142-146(15,16)17,143-147(18,19)20)141-88-40-34-26-24-22-21-23-25-27-35-41-88)136-98(96(94)138-102(131-68-64-127-76(7)114)132-69-65-128-77(8)115)110-61-59-92(106-100(110)117)108-104(79-38-32-29-33-39-79,82-46-54-86(121-11)55-47-82)83-48-56-87(122-12)57-49-83/h28-33,36-39,42-61,72-73,88-90,93-98,101-102H,21-27,34-35,40-41,62-71H2,1-20H3,(H,105,107,116)(H,106,108,117)/t89-,90-,93-,94-,95-,96-,97-,98-,144?,145?/m1/s1. The molecule has 10 atom stereocenters. The number of methoxy groups -OCH3 is 4. The summed E-state index contributed by atoms with van der Waals surface area (Å²) in [5.41, 5.74) is -0.253. The fourth-order valence-electron chi connectivity index (χ4n) is 17.7. The highest BCUT2D eigenvalue weighted by Gasteiger charge is 2.59. The fraction of sp³-hybridized carbons (Fsp3) is 0.538. The van der Waals surface area contributed by atoms with Crippen LogP contribution in [0.3, 0.4) is 0 Å². The third-order valence-corrected chi connectivity index (χ3v) is 35.7. The lowest BCUT2D eigenvalue weighted by atomic mass is 9.77. The summed E-state index contributed by atoms with van der Waals surface area (Å²) in [5.74, 6) is -0.136. The van der Waals surface area contributed by atoms with Crippen LogP contribution in [-0.2, 0) is 131 Å². The monoisotopic (exact) mass is 2150 g/mol. The Morgan fingerprint density at radius 1 is 0.446 bits per heavy atom. The van der Waals surface area contributed by atoms with Crippen LogP contribution in [0.25, 0.3) is 0 Å². The number of carbonyl (C=O) groups is 4. The van der Waals surface area contributed by atoms with Gasteiger partial charge in [-0.3, -0.25) is 41.9 Å². The second kappa shape index (κ2) is 57.2. The summed E-state index contributed by atoms with van der Waals surface area (Å²) in [6.45, 7) is 16.6. The van der Waals surface area contributed by atoms with Crippen molar-refractivity contribution in [2.75, 3.05) is 119 Å². The Morgan fingerprint density at radius 2 is 0.777 bits per heavy atom. The number of hydrogen-bond acceptors (Lipinski definition) is 37. The van der Waals surface area contributed by atoms with Gasteiger partial charge in [-0.05, 0) is 174 Å². The molecule has 8 aromatic rings. The molecule has 812 valence electrons. The van der Waals surface area contributed by atoms with Crippen LogP contribution >= 0.6 is 16.3 Å². The van der Waals surface area contributed by atoms with Crippen molar-refractivity contribution >= 4 is 77.5 Å². The maximum Gasteiger partial charge on any atom is 0.658 e. The quantitative estimate of drug-likeness (QED) is 0.00680. The predicted octanol–water partition coefficient (Wildman–Crippen LogP) is 17.2. The van der Waals surface area contributed by atoms with Crippen molar-refractivity contribution in [2.24, 2.45) is 0 Å². The molecule has 3 aliphatic rings. The van der Waals surface area contributed by atoms with E-state index in [4.69, 9.17) is 125 Å². The summed E-state index contributed by atoms with van der Waals surface area (Å²) in [5, 5.41) is 7.36. The highest BCUT2D eigenvalue weighted by molar-refractivity contribution is 7.48. The zero-order valence-electron chi connectivity index (χ0n) is 88.4. The minimum atomic E-state index is -5.43. The molecule has 11 rings (SSSR count). The van der Waals surface area contributed by atoms with Crippen LogP contribution in [0.15, 0.2) is 192 Å². The van der Waals surface area contributed by atoms with Crippen molar-refractivity contribution in [1.82, 2.24) is 23.8 Å². The van der Waals surface area contributed by atoms with Gasteiger partial charge < -0.3 is 113 Å². The lowest BCUT2D eigenvalue weighted by Crippen LogP contribution is -2.61. The number of nitrogens with zero attached hydrogens (tertiary/aromatic N) is 5. The summed E-state index contributed by atoms with van der Waals surface area (Å²) >= 11 is 0. The fourth-order valence-corrected chi connectivity index (χ4v) is 28.9. The third kappa shape index (κ3) is 33.9. The zero-order chi connectivity index (χ0) is 107. The number of nitrogens with one attached hydrogen (secondary N) is 2. The molecule has 3 fully saturated rings. The van der Waals surface area contributed by atoms with Crippen LogP contribution in [0.4, 0.5) is 11.6 Å². The van der Waals surface area contributed by atoms with Gasteiger partial charge in [0, 0.05) is 66.4 Å². The molecule has 0 amide bonds. The molecule has 2 saturated heterocycles. The van der Waals surface area contributed by atoms with Gasteiger partial charge in [-0.15, -0.1) is 0 Å². The molecule has 2 N–H and O–H groups in total. The second-order valence-electron chi connectivity index (χ2n) is 37.9. The average Bonchev–Trinajstić information content (AvgIpc) is 0.991. The normalized spacial score (nSPS) is 19.1. The Kier molecular flexibility index (Phi) is 45.8. The van der Waals surface area contributed by atoms with Crippen molar-refractivity contribution in [2.45, 2.75) is 257 Å². The van der Waals surface area contributed by atoms with Crippen LogP contribution in [0.1, 0.15) is 172 Å². The summed E-state index contributed by atoms with van der Waals surface area (Å²) in [6.07, 6.45) is -0.807. The minimum Gasteiger partial charge on any atom is -0.497 e. The number of benzene rings is 6. The molecule has 6 aromatic carbocycles. The van der Waals surface area contributed by atoms with Crippen molar-refractivity contribution in [3.05, 3.63) is 237 Å². The van der Waals surface area contributed by atoms with Crippen LogP contribution in [0.2, 0.25) is 39.3 Å². The Morgan fingerprint density at radius 3 is 1.09 bits per heavy atom. The molecular formula is C104H147N7O32P2Si3. The van der Waals surface area contributed by atoms with Gasteiger partial charge in [-0.1, -0.05) is 167 Å². The molecule has 0 spiro atoms. The number of aromatic nitrogens is 4. The van der Waals surface area contributed by atoms with E-state index in [1.165, 1.54) is 47.2 Å². The molecule has 1 saturated carbocycles. The summed E-state index contributed by atoms with van der Waals surface area (Å²) in [4.78, 5) is 91.3. The molecule has 2 aliphatic heterocycles. The predicted molar refractivity (Wildman–Crippen MR) is 557 cm³/mol. The van der Waals surface area contributed by atoms with Crippen LogP contribution < -0.4 is 41.0 Å². The number of rotatable bonds is 57. The summed E-state index contributed by atoms with van der Waals surface area (Å²) < 4.78 is 182. The Bertz CT molecular complexity index is 5410. The largest absolute Gasteiger partial charge is 0.658 e. The molecule has 2 unspecified atom stereocenters. The molecule has 0 radical (unpaired) electrons. The molecule has 148 heavy (non-hydrogen) atoms. The van der Waals surface area contributed by atoms with Crippen LogP contribution in [0, 0.1) is 0 Å². The average molecular weight is 2150 g/mol. The number of esters is 4. The number of hydrogen-bond donors (Lipinski definition) is 2. The third-order valence-electron chi connectivity index (χ3n) is 24.2. The topological polar surface area (TPSA) is 413 Å². The van der Waals surface area contributed by atoms with Gasteiger partial charge in [0.1, 0.15) is 109 Å². The molecule has 44 heteroatoms. The second-order valence-corrected chi connectivity index (χ2v) is 52.8. The first kappa shape index (κ1) is 119. The first-order valence-corrected chi connectivity index (χ1v) is 61.0. The maximum absolute atomic E-state index is 17.1. The Hall–Kier alpha value is -9.65. The van der Waals surface area contributed by atoms with Crippen LogP contribution in [-0.4, -0.2) is 250 Å². The SMILES string of the molecule is COc1ccc(C(Nc2ccn([C@@H]3O[C@H](COP(=O)(OC)O[C@H]4[C@@H](OC(OCCOC(C)=O)OCCOC(C)=O)[C@H](n5ccc(NC(c6ccccc6)(c6ccc(OC)cc6)c6ccc(OC)cc6)nc5=O)O[C@@H]4CO[Si](OC4CCCCCCCCCCC4)(O[Si](C)(C)C)O[Si](C)(C)C)[C@@H](OP(OC)N(C(C)C)C(C)C)[C@H]3OC(OCCOC(C)=O)OCCOC(C)=O)c(=O)n2)(c2ccccc2)c2ccc(OC)cc2)cc1. The zero-order valence-corrected chi connectivity index (χ0v) is 93.2. The van der Waals surface area contributed by atoms with Gasteiger partial charge >= 0.3 is 52.1 Å². The van der Waals surface area contributed by atoms with E-state index in [9.17, 15) is 19.2 Å².